The molecule has 0 aromatic heterocycles. The van der Waals surface area contributed by atoms with Gasteiger partial charge in [0.1, 0.15) is 0 Å². The third-order valence-electron chi connectivity index (χ3n) is 2.89. The molecule has 0 heterocycles. The summed E-state index contributed by atoms with van der Waals surface area (Å²) in [5.41, 5.74) is 2.47. The molecule has 21 heavy (non-hydrogen) atoms. The number of benzene rings is 2. The normalized spacial score (nSPS) is 10.2. The monoisotopic (exact) mass is 367 g/mol. The van der Waals surface area contributed by atoms with Gasteiger partial charge in [-0.1, -0.05) is 33.6 Å². The molecule has 2 rings (SSSR count). The highest BCUT2D eigenvalue weighted by Gasteiger charge is 2.06. The van der Waals surface area contributed by atoms with Crippen molar-refractivity contribution in [3.8, 4) is 0 Å². The minimum Gasteiger partial charge on any atom is -0.462 e. The van der Waals surface area contributed by atoms with Crippen molar-refractivity contribution in [2.24, 2.45) is 0 Å². The Morgan fingerprint density at radius 2 is 1.95 bits per heavy atom. The van der Waals surface area contributed by atoms with E-state index in [-0.39, 0.29) is 5.97 Å². The van der Waals surface area contributed by atoms with Crippen LogP contribution in [0.4, 0.5) is 5.69 Å². The zero-order valence-electron chi connectivity index (χ0n) is 11.5. The summed E-state index contributed by atoms with van der Waals surface area (Å²) in [6, 6.07) is 13.0. The van der Waals surface area contributed by atoms with Crippen molar-refractivity contribution in [2.75, 3.05) is 11.9 Å². The second-order valence-corrected chi connectivity index (χ2v) is 5.71. The number of hydrogen-bond donors (Lipinski definition) is 1. The maximum absolute atomic E-state index is 11.5. The Kier molecular flexibility index (Phi) is 5.65. The molecule has 0 saturated carbocycles. The molecule has 2 aromatic carbocycles. The van der Waals surface area contributed by atoms with Crippen LogP contribution < -0.4 is 5.32 Å². The van der Waals surface area contributed by atoms with Crippen LogP contribution in [-0.2, 0) is 11.3 Å². The Morgan fingerprint density at radius 3 is 2.57 bits per heavy atom. The Balaban J connectivity index is 1.99. The van der Waals surface area contributed by atoms with Crippen LogP contribution in [0.3, 0.4) is 0 Å². The minimum absolute atomic E-state index is 0.306. The van der Waals surface area contributed by atoms with E-state index in [0.717, 1.165) is 15.7 Å². The van der Waals surface area contributed by atoms with Crippen molar-refractivity contribution in [1.82, 2.24) is 0 Å². The molecule has 1 N–H and O–H groups in total. The van der Waals surface area contributed by atoms with E-state index in [1.165, 1.54) is 0 Å². The molecule has 0 spiro atoms. The Hall–Kier alpha value is -1.52. The average molecular weight is 369 g/mol. The van der Waals surface area contributed by atoms with Crippen molar-refractivity contribution in [1.29, 1.82) is 0 Å². The molecular formula is C16H15BrClNO2. The molecule has 5 heteroatoms. The summed E-state index contributed by atoms with van der Waals surface area (Å²) in [5, 5.41) is 3.98. The molecule has 110 valence electrons. The van der Waals surface area contributed by atoms with Gasteiger partial charge in [0.2, 0.25) is 0 Å². The number of nitrogens with one attached hydrogen (secondary N) is 1. The summed E-state index contributed by atoms with van der Waals surface area (Å²) >= 11 is 9.54. The number of halogens is 2. The van der Waals surface area contributed by atoms with Crippen LogP contribution in [0.2, 0.25) is 5.02 Å². The molecule has 0 amide bonds. The largest absolute Gasteiger partial charge is 0.462 e. The fourth-order valence-electron chi connectivity index (χ4n) is 1.80. The van der Waals surface area contributed by atoms with Crippen LogP contribution in [0.1, 0.15) is 22.8 Å². The number of carbonyl (C=O) groups excluding carboxylic acids is 1. The summed E-state index contributed by atoms with van der Waals surface area (Å²) in [7, 11) is 0. The van der Waals surface area contributed by atoms with Crippen molar-refractivity contribution in [3.05, 3.63) is 63.1 Å². The third-order valence-corrected chi connectivity index (χ3v) is 3.74. The van der Waals surface area contributed by atoms with Crippen LogP contribution in [0, 0.1) is 0 Å². The van der Waals surface area contributed by atoms with E-state index in [9.17, 15) is 4.79 Å². The van der Waals surface area contributed by atoms with Crippen LogP contribution in [-0.4, -0.2) is 12.6 Å². The van der Waals surface area contributed by atoms with Crippen molar-refractivity contribution in [2.45, 2.75) is 13.5 Å². The lowest BCUT2D eigenvalue weighted by molar-refractivity contribution is 0.0526. The number of hydrogen-bond acceptors (Lipinski definition) is 3. The number of esters is 1. The number of ether oxygens (including phenoxy) is 1. The van der Waals surface area contributed by atoms with Gasteiger partial charge in [-0.25, -0.2) is 4.79 Å². The lowest BCUT2D eigenvalue weighted by Gasteiger charge is -2.09. The van der Waals surface area contributed by atoms with Gasteiger partial charge in [-0.05, 0) is 48.9 Å². The lowest BCUT2D eigenvalue weighted by atomic mass is 10.2. The lowest BCUT2D eigenvalue weighted by Crippen LogP contribution is -2.05. The zero-order valence-corrected chi connectivity index (χ0v) is 13.9. The van der Waals surface area contributed by atoms with Gasteiger partial charge in [-0.3, -0.25) is 0 Å². The van der Waals surface area contributed by atoms with Gasteiger partial charge in [-0.2, -0.15) is 0 Å². The molecule has 0 radical (unpaired) electrons. The Bertz CT molecular complexity index is 629. The standard InChI is InChI=1S/C16H15BrClNO2/c1-2-21-16(20)11-4-7-14(8-5-11)19-10-12-3-6-13(17)9-15(12)18/h3-9,19H,2,10H2,1H3. The smallest absolute Gasteiger partial charge is 0.338 e. The van der Waals surface area contributed by atoms with Gasteiger partial charge in [0.25, 0.3) is 0 Å². The fraction of sp³-hybridized carbons (Fsp3) is 0.188. The van der Waals surface area contributed by atoms with Gasteiger partial charge < -0.3 is 10.1 Å². The van der Waals surface area contributed by atoms with Crippen molar-refractivity contribution in [3.63, 3.8) is 0 Å². The van der Waals surface area contributed by atoms with E-state index >= 15 is 0 Å². The molecule has 0 atom stereocenters. The Morgan fingerprint density at radius 1 is 1.24 bits per heavy atom. The van der Waals surface area contributed by atoms with Crippen LogP contribution in [0.25, 0.3) is 0 Å². The van der Waals surface area contributed by atoms with E-state index in [1.54, 1.807) is 19.1 Å². The van der Waals surface area contributed by atoms with Crippen LogP contribution in [0.15, 0.2) is 46.9 Å². The van der Waals surface area contributed by atoms with E-state index in [2.05, 4.69) is 21.2 Å². The molecule has 0 aliphatic rings. The van der Waals surface area contributed by atoms with E-state index in [0.29, 0.717) is 23.7 Å². The number of anilines is 1. The molecule has 0 unspecified atom stereocenters. The number of carbonyl (C=O) groups is 1. The maximum Gasteiger partial charge on any atom is 0.338 e. The molecule has 2 aromatic rings. The highest BCUT2D eigenvalue weighted by molar-refractivity contribution is 9.10. The quantitative estimate of drug-likeness (QED) is 0.764. The first kappa shape index (κ1) is 15.9. The zero-order chi connectivity index (χ0) is 15.2. The van der Waals surface area contributed by atoms with Crippen LogP contribution in [0.5, 0.6) is 0 Å². The highest BCUT2D eigenvalue weighted by atomic mass is 79.9. The fourth-order valence-corrected chi connectivity index (χ4v) is 2.54. The topological polar surface area (TPSA) is 38.3 Å². The average Bonchev–Trinajstić information content (AvgIpc) is 2.47. The first-order valence-corrected chi connectivity index (χ1v) is 7.72. The molecule has 3 nitrogen and oxygen atoms in total. The third kappa shape index (κ3) is 4.48. The molecule has 0 aliphatic heterocycles. The maximum atomic E-state index is 11.5. The molecule has 0 bridgehead atoms. The first-order valence-electron chi connectivity index (χ1n) is 6.55. The minimum atomic E-state index is -0.306. The molecule has 0 fully saturated rings. The molecule has 0 aliphatic carbocycles. The second kappa shape index (κ2) is 7.48. The predicted octanol–water partition coefficient (Wildman–Crippen LogP) is 4.89. The molecular weight excluding hydrogens is 354 g/mol. The summed E-state index contributed by atoms with van der Waals surface area (Å²) in [5.74, 6) is -0.306. The summed E-state index contributed by atoms with van der Waals surface area (Å²) in [6.07, 6.45) is 0. The van der Waals surface area contributed by atoms with Gasteiger partial charge in [0.05, 0.1) is 12.2 Å². The predicted molar refractivity (Wildman–Crippen MR) is 88.9 cm³/mol. The number of rotatable bonds is 5. The van der Waals surface area contributed by atoms with Crippen LogP contribution >= 0.6 is 27.5 Å². The SMILES string of the molecule is CCOC(=O)c1ccc(NCc2ccc(Br)cc2Cl)cc1. The van der Waals surface area contributed by atoms with Gasteiger partial charge in [-0.15, -0.1) is 0 Å². The molecule has 0 saturated heterocycles. The highest BCUT2D eigenvalue weighted by Crippen LogP contribution is 2.22. The van der Waals surface area contributed by atoms with Gasteiger partial charge in [0.15, 0.2) is 0 Å². The summed E-state index contributed by atoms with van der Waals surface area (Å²) < 4.78 is 5.90. The van der Waals surface area contributed by atoms with Crippen molar-refractivity contribution < 1.29 is 9.53 Å². The van der Waals surface area contributed by atoms with Gasteiger partial charge >= 0.3 is 5.97 Å². The summed E-state index contributed by atoms with van der Waals surface area (Å²) in [6.45, 7) is 2.78. The second-order valence-electron chi connectivity index (χ2n) is 4.39. The van der Waals surface area contributed by atoms with E-state index in [1.807, 2.05) is 30.3 Å². The summed E-state index contributed by atoms with van der Waals surface area (Å²) in [4.78, 5) is 11.5. The van der Waals surface area contributed by atoms with E-state index < -0.39 is 0 Å². The first-order chi connectivity index (χ1) is 10.1. The van der Waals surface area contributed by atoms with E-state index in [4.69, 9.17) is 16.3 Å². The van der Waals surface area contributed by atoms with Gasteiger partial charge in [0, 0.05) is 21.7 Å². The Labute approximate surface area is 137 Å². The van der Waals surface area contributed by atoms with Crippen molar-refractivity contribution >= 4 is 39.2 Å².